The number of hydrogen-bond acceptors (Lipinski definition) is 23. The Bertz CT molecular complexity index is 4170. The second kappa shape index (κ2) is 47.9. The van der Waals surface area contributed by atoms with Crippen LogP contribution in [0.3, 0.4) is 0 Å². The number of carbonyl (C=O) groups excluding carboxylic acids is 15. The van der Waals surface area contributed by atoms with Crippen molar-refractivity contribution in [1.29, 1.82) is 0 Å². The topological polar surface area (TPSA) is 303 Å². The number of esters is 4. The minimum Gasteiger partial charge on any atom is -0.454 e. The Balaban J connectivity index is -0.00000155. The van der Waals surface area contributed by atoms with Crippen LogP contribution >= 0.6 is 47.0 Å². The molecule has 0 heterocycles. The number of ether oxygens (including phenoxy) is 4. The number of benzene rings is 2. The molecule has 2 aromatic rings. The maximum atomic E-state index is 13.3. The molecule has 0 aliphatic rings. The number of allylic oxidation sites excluding steroid dienone is 2. The first kappa shape index (κ1) is 120. The molecule has 30 heteroatoms. The van der Waals surface area contributed by atoms with Crippen molar-refractivity contribution in [3.63, 3.8) is 0 Å². The lowest BCUT2D eigenvalue weighted by atomic mass is 9.76. The van der Waals surface area contributed by atoms with Crippen LogP contribution in [0, 0.1) is 48.7 Å². The first-order valence-electron chi connectivity index (χ1n) is 40.8. The van der Waals surface area contributed by atoms with Gasteiger partial charge in [0.15, 0.2) is 44.1 Å². The quantitative estimate of drug-likeness (QED) is 0.0201. The number of Topliss-reactive ketones (excluding diaryl/α,β-unsaturated/α-hetero) is 4. The van der Waals surface area contributed by atoms with Crippen molar-refractivity contribution >= 4 is 164 Å². The van der Waals surface area contributed by atoms with E-state index in [1.807, 2.05) is 131 Å². The van der Waals surface area contributed by atoms with Gasteiger partial charge in [0.05, 0.1) is 63.9 Å². The fourth-order valence-corrected chi connectivity index (χ4v) is 14.3. The van der Waals surface area contributed by atoms with Gasteiger partial charge in [-0.1, -0.05) is 168 Å². The molecule has 0 aliphatic carbocycles. The highest BCUT2D eigenvalue weighted by molar-refractivity contribution is 8.14. The molecular formula is C93H145B4N3O19S4. The van der Waals surface area contributed by atoms with Crippen LogP contribution in [-0.4, -0.2) is 214 Å². The summed E-state index contributed by atoms with van der Waals surface area (Å²) in [5, 5.41) is -0.257. The third-order valence-electron chi connectivity index (χ3n) is 22.7. The average molecular weight is 1780 g/mol. The van der Waals surface area contributed by atoms with E-state index in [9.17, 15) is 71.9 Å². The lowest BCUT2D eigenvalue weighted by molar-refractivity contribution is -0.173. The van der Waals surface area contributed by atoms with Gasteiger partial charge in [0, 0.05) is 46.8 Å². The van der Waals surface area contributed by atoms with E-state index in [1.54, 1.807) is 143 Å². The van der Waals surface area contributed by atoms with E-state index < -0.39 is 118 Å². The number of carbonyl (C=O) groups is 15. The van der Waals surface area contributed by atoms with Gasteiger partial charge in [-0.3, -0.25) is 71.9 Å². The fourth-order valence-electron chi connectivity index (χ4n) is 11.9. The zero-order valence-corrected chi connectivity index (χ0v) is 85.2. The first-order valence-corrected chi connectivity index (χ1v) is 45.7. The Morgan fingerprint density at radius 1 is 0.317 bits per heavy atom. The molecule has 0 saturated heterocycles. The van der Waals surface area contributed by atoms with E-state index in [0.29, 0.717) is 5.56 Å². The van der Waals surface area contributed by atoms with Crippen molar-refractivity contribution < 1.29 is 90.9 Å². The molecule has 0 aromatic heterocycles. The Morgan fingerprint density at radius 3 is 0.829 bits per heavy atom. The van der Waals surface area contributed by atoms with E-state index >= 15 is 0 Å². The number of thioether (sulfide) groups is 4. The van der Waals surface area contributed by atoms with E-state index in [-0.39, 0.29) is 89.0 Å². The van der Waals surface area contributed by atoms with E-state index in [0.717, 1.165) is 75.0 Å². The van der Waals surface area contributed by atoms with Crippen molar-refractivity contribution in [2.24, 2.45) is 48.7 Å². The molecule has 123 heavy (non-hydrogen) atoms. The number of rotatable bonds is 36. The van der Waals surface area contributed by atoms with Crippen LogP contribution < -0.4 is 0 Å². The second-order valence-corrected chi connectivity index (χ2v) is 41.6. The Hall–Kier alpha value is -6.77. The highest BCUT2D eigenvalue weighted by Gasteiger charge is 2.50. The minimum absolute atomic E-state index is 0.00747. The standard InChI is InChI=1S/C26H38BNO5S.C24H40BNO5S.C24H34O4S.C17H28BNO5S.C2H5B/c1-23(2,20(30)28(9)16-27)15-19(29)25(5,6)21(31)33-26(7,8)18-14-12-11-13-17(18)24(3,4)22(32)34-10;1-15(22(5,6)20(30)32-12)16(2)24(9,10)31-19(29)23(7,8)17(27)13-21(3,4)18(28)26(11)14-25;1-16(22(3,4)21(27)29-9)17(2)24(7,8)28-20(26)23(5,6)19(25)15-18-13-11-10-12-14-18;1-15(2,12(21)19(7)10-18)9-11(20)16(3,4)13(22)24-17(5,6)14(23)25-8;1-2-3/h11-14H,15-16H2,1-10H3;13-14H2,1-12H3;10-14H,15H2,1-9H3;9-10H2,1-8H3;2H2,1H3/b;16-15-;17-16-;;. The number of amides is 3. The third-order valence-corrected chi connectivity index (χ3v) is 26.2. The zero-order chi connectivity index (χ0) is 98.1. The molecule has 682 valence electrons. The summed E-state index contributed by atoms with van der Waals surface area (Å²) in [6, 6.07) is 16.7. The summed E-state index contributed by atoms with van der Waals surface area (Å²) < 4.78 is 22.8. The van der Waals surface area contributed by atoms with Crippen LogP contribution in [0.2, 0.25) is 6.32 Å². The molecule has 0 unspecified atom stereocenters. The summed E-state index contributed by atoms with van der Waals surface area (Å²) in [6.45, 7) is 56.0. The Morgan fingerprint density at radius 2 is 0.561 bits per heavy atom. The SMILES string of the molecule is CSC(=O)C(C)(C)/C(C)=C(/C)C(C)(C)OC(=O)C(C)(C)C(=O)Cc1ccccc1.[B]CC.[B]CN(C)C(=O)C(C)(C)CC(=O)C(C)(C)C(=O)OC(C)(C)/C(C)=C(/C)C(C)(C)C(=O)SC.[B]CN(C)C(=O)C(C)(C)CC(=O)C(C)(C)C(=O)OC(C)(C)C(=O)SC.[B]CN(C)C(=O)C(C)(C)CC(=O)C(C)(C)C(=O)OC(C)(C)c1ccccc1C(C)(C)C(=O)SC. The highest BCUT2D eigenvalue weighted by atomic mass is 32.2. The summed E-state index contributed by atoms with van der Waals surface area (Å²) in [5.74, 6) is -4.98. The lowest BCUT2D eigenvalue weighted by Crippen LogP contribution is -2.46. The van der Waals surface area contributed by atoms with E-state index in [4.69, 9.17) is 50.3 Å². The van der Waals surface area contributed by atoms with Crippen LogP contribution in [0.1, 0.15) is 264 Å². The normalized spacial score (nSPS) is 13.0. The highest BCUT2D eigenvalue weighted by Crippen LogP contribution is 2.44. The molecule has 0 spiro atoms. The monoisotopic (exact) mass is 1780 g/mol. The second-order valence-electron chi connectivity index (χ2n) is 38.5. The first-order chi connectivity index (χ1) is 55.3. The van der Waals surface area contributed by atoms with Gasteiger partial charge in [-0.2, -0.15) is 0 Å². The van der Waals surface area contributed by atoms with Crippen LogP contribution in [0.5, 0.6) is 0 Å². The maximum absolute atomic E-state index is 13.3. The summed E-state index contributed by atoms with van der Waals surface area (Å²) in [5.41, 5.74) is -9.77. The molecule has 0 bridgehead atoms. The predicted molar refractivity (Wildman–Crippen MR) is 504 cm³/mol. The van der Waals surface area contributed by atoms with Crippen molar-refractivity contribution in [3.05, 3.63) is 93.6 Å². The van der Waals surface area contributed by atoms with Crippen molar-refractivity contribution in [2.45, 2.75) is 288 Å². The molecule has 2 aromatic carbocycles. The van der Waals surface area contributed by atoms with Gasteiger partial charge in [0.2, 0.25) is 22.8 Å². The van der Waals surface area contributed by atoms with Gasteiger partial charge in [-0.05, 0) is 252 Å². The predicted octanol–water partition coefficient (Wildman–Crippen LogP) is 16.2. The van der Waals surface area contributed by atoms with Gasteiger partial charge in [0.25, 0.3) is 0 Å². The zero-order valence-electron chi connectivity index (χ0n) is 81.9. The minimum atomic E-state index is -1.48. The molecule has 3 amide bonds. The van der Waals surface area contributed by atoms with Crippen molar-refractivity contribution in [3.8, 4) is 0 Å². The molecule has 0 saturated carbocycles. The van der Waals surface area contributed by atoms with Crippen molar-refractivity contribution in [1.82, 2.24) is 14.7 Å². The van der Waals surface area contributed by atoms with Crippen LogP contribution in [0.15, 0.2) is 76.9 Å². The Labute approximate surface area is 760 Å². The third kappa shape index (κ3) is 33.1. The molecule has 22 nitrogen and oxygen atoms in total. The number of hydrogen-bond donors (Lipinski definition) is 0. The molecular weight excluding hydrogens is 1630 g/mol. The van der Waals surface area contributed by atoms with Crippen LogP contribution in [-0.2, 0) is 108 Å². The summed E-state index contributed by atoms with van der Waals surface area (Å²) in [6.07, 6.45) is 7.46. The van der Waals surface area contributed by atoms with Gasteiger partial charge in [0.1, 0.15) is 38.5 Å². The van der Waals surface area contributed by atoms with Gasteiger partial charge >= 0.3 is 23.9 Å². The number of nitrogens with zero attached hydrogens (tertiary/aromatic N) is 3. The molecule has 0 fully saturated rings. The largest absolute Gasteiger partial charge is 0.454 e. The molecule has 8 radical (unpaired) electrons. The fraction of sp³-hybridized carbons (Fsp3) is 0.667. The summed E-state index contributed by atoms with van der Waals surface area (Å²) in [4.78, 5) is 194. The van der Waals surface area contributed by atoms with Gasteiger partial charge < -0.3 is 33.6 Å². The lowest BCUT2D eigenvalue weighted by Gasteiger charge is -2.36. The van der Waals surface area contributed by atoms with Crippen molar-refractivity contribution in [2.75, 3.05) is 65.5 Å². The molecule has 0 N–H and O–H groups in total. The molecule has 0 atom stereocenters. The van der Waals surface area contributed by atoms with Crippen LogP contribution in [0.25, 0.3) is 0 Å². The van der Waals surface area contributed by atoms with E-state index in [2.05, 4.69) is 0 Å². The molecule has 2 rings (SSSR count). The molecule has 0 aliphatic heterocycles. The smallest absolute Gasteiger partial charge is 0.320 e. The summed E-state index contributed by atoms with van der Waals surface area (Å²) in [7, 11) is 26.1. The Kier molecular flexibility index (Phi) is 46.8. The van der Waals surface area contributed by atoms with Crippen LogP contribution in [0.4, 0.5) is 0 Å². The van der Waals surface area contributed by atoms with E-state index in [1.165, 1.54) is 81.9 Å². The average Bonchev–Trinajstić information content (AvgIpc) is 0.753. The number of ketones is 4. The maximum Gasteiger partial charge on any atom is 0.320 e. The summed E-state index contributed by atoms with van der Waals surface area (Å²) >= 11 is 4.44. The van der Waals surface area contributed by atoms with Gasteiger partial charge in [-0.25, -0.2) is 0 Å². The van der Waals surface area contributed by atoms with Gasteiger partial charge in [-0.15, -0.1) is 0 Å².